The molecule has 20 heavy (non-hydrogen) atoms. The molecule has 8 heteroatoms. The summed E-state index contributed by atoms with van der Waals surface area (Å²) in [5.41, 5.74) is -0.00223. The van der Waals surface area contributed by atoms with Crippen molar-refractivity contribution in [2.24, 2.45) is 0 Å². The molecule has 2 rings (SSSR count). The number of aliphatic carboxylic acids is 1. The molecule has 0 radical (unpaired) electrons. The van der Waals surface area contributed by atoms with E-state index in [1.807, 2.05) is 17.5 Å². The van der Waals surface area contributed by atoms with Crippen LogP contribution >= 0.6 is 11.3 Å². The molecule has 106 valence electrons. The molecule has 0 bridgehead atoms. The van der Waals surface area contributed by atoms with Crippen LogP contribution in [0.5, 0.6) is 0 Å². The molecule has 0 saturated carbocycles. The van der Waals surface area contributed by atoms with Crippen LogP contribution in [-0.4, -0.2) is 39.9 Å². The molecule has 0 fully saturated rings. The van der Waals surface area contributed by atoms with Crippen molar-refractivity contribution in [3.8, 4) is 10.6 Å². The molecule has 1 amide bonds. The van der Waals surface area contributed by atoms with Crippen LogP contribution in [0.25, 0.3) is 10.6 Å². The Bertz CT molecular complexity index is 593. The molecule has 2 heterocycles. The van der Waals surface area contributed by atoms with Crippen LogP contribution in [0.3, 0.4) is 0 Å². The number of rotatable bonds is 6. The minimum absolute atomic E-state index is 0.00223. The molecule has 0 aliphatic carbocycles. The third-order valence-electron chi connectivity index (χ3n) is 2.53. The summed E-state index contributed by atoms with van der Waals surface area (Å²) in [4.78, 5) is 23.5. The predicted molar refractivity (Wildman–Crippen MR) is 70.4 cm³/mol. The molecule has 0 aromatic carbocycles. The van der Waals surface area contributed by atoms with E-state index in [1.165, 1.54) is 17.4 Å². The van der Waals surface area contributed by atoms with Gasteiger partial charge in [0.1, 0.15) is 6.04 Å². The first-order chi connectivity index (χ1) is 9.61. The molecule has 0 spiro atoms. The highest BCUT2D eigenvalue weighted by Gasteiger charge is 2.22. The van der Waals surface area contributed by atoms with Gasteiger partial charge in [0.15, 0.2) is 11.5 Å². The van der Waals surface area contributed by atoms with Crippen LogP contribution in [-0.2, 0) is 4.79 Å². The largest absolute Gasteiger partial charge is 0.480 e. The van der Waals surface area contributed by atoms with E-state index >= 15 is 0 Å². The highest BCUT2D eigenvalue weighted by atomic mass is 32.1. The number of nitrogens with zero attached hydrogens (tertiary/aromatic N) is 1. The monoisotopic (exact) mass is 296 g/mol. The van der Waals surface area contributed by atoms with Gasteiger partial charge in [-0.1, -0.05) is 11.2 Å². The summed E-state index contributed by atoms with van der Waals surface area (Å²) in [6.45, 7) is -0.337. The molecule has 0 aliphatic heterocycles. The SMILES string of the molecule is O=C(N[C@@H](CCO)C(=O)O)c1cc(-c2cccs2)on1. The van der Waals surface area contributed by atoms with Crippen molar-refractivity contribution in [1.29, 1.82) is 0 Å². The maximum atomic E-state index is 11.8. The van der Waals surface area contributed by atoms with Crippen molar-refractivity contribution in [1.82, 2.24) is 10.5 Å². The molecule has 0 aliphatic rings. The normalized spacial score (nSPS) is 12.1. The maximum absolute atomic E-state index is 11.8. The van der Waals surface area contributed by atoms with Crippen molar-refractivity contribution in [3.63, 3.8) is 0 Å². The first kappa shape index (κ1) is 14.2. The second-order valence-corrected chi connectivity index (χ2v) is 4.88. The van der Waals surface area contributed by atoms with E-state index in [-0.39, 0.29) is 18.7 Å². The Labute approximate surface area is 117 Å². The summed E-state index contributed by atoms with van der Waals surface area (Å²) in [5, 5.41) is 25.4. The zero-order chi connectivity index (χ0) is 14.5. The van der Waals surface area contributed by atoms with Crippen molar-refractivity contribution < 1.29 is 24.3 Å². The zero-order valence-corrected chi connectivity index (χ0v) is 11.1. The highest BCUT2D eigenvalue weighted by molar-refractivity contribution is 7.13. The Morgan fingerprint density at radius 2 is 2.30 bits per heavy atom. The van der Waals surface area contributed by atoms with Crippen molar-refractivity contribution >= 4 is 23.2 Å². The molecule has 2 aromatic rings. The van der Waals surface area contributed by atoms with Gasteiger partial charge in [0.05, 0.1) is 4.88 Å². The number of carbonyl (C=O) groups excluding carboxylic acids is 1. The molecule has 3 N–H and O–H groups in total. The number of thiophene rings is 1. The molecular formula is C12H12N2O5S. The minimum atomic E-state index is -1.21. The van der Waals surface area contributed by atoms with Crippen molar-refractivity contribution in [2.45, 2.75) is 12.5 Å². The fourth-order valence-corrected chi connectivity index (χ4v) is 2.21. The summed E-state index contributed by atoms with van der Waals surface area (Å²) in [7, 11) is 0. The van der Waals surface area contributed by atoms with E-state index in [9.17, 15) is 9.59 Å². The average molecular weight is 296 g/mol. The topological polar surface area (TPSA) is 113 Å². The predicted octanol–water partition coefficient (Wildman–Crippen LogP) is 0.968. The fourth-order valence-electron chi connectivity index (χ4n) is 1.54. The molecule has 1 atom stereocenters. The van der Waals surface area contributed by atoms with Gasteiger partial charge in [-0.3, -0.25) is 4.79 Å². The van der Waals surface area contributed by atoms with E-state index < -0.39 is 17.9 Å². The Hall–Kier alpha value is -2.19. The summed E-state index contributed by atoms with van der Waals surface area (Å²) >= 11 is 1.44. The zero-order valence-electron chi connectivity index (χ0n) is 10.3. The third kappa shape index (κ3) is 3.22. The summed E-state index contributed by atoms with van der Waals surface area (Å²) in [6.07, 6.45) is -0.0727. The lowest BCUT2D eigenvalue weighted by Crippen LogP contribution is -2.41. The molecule has 0 saturated heterocycles. The number of carboxylic acids is 1. The smallest absolute Gasteiger partial charge is 0.326 e. The fraction of sp³-hybridized carbons (Fsp3) is 0.250. The second-order valence-electron chi connectivity index (χ2n) is 3.93. The summed E-state index contributed by atoms with van der Waals surface area (Å²) < 4.78 is 5.03. The van der Waals surface area contributed by atoms with E-state index in [0.29, 0.717) is 5.76 Å². The minimum Gasteiger partial charge on any atom is -0.480 e. The Morgan fingerprint density at radius 1 is 1.50 bits per heavy atom. The molecule has 0 unspecified atom stereocenters. The van der Waals surface area contributed by atoms with Crippen LogP contribution in [0, 0.1) is 0 Å². The van der Waals surface area contributed by atoms with Gasteiger partial charge in [-0.2, -0.15) is 0 Å². The number of amides is 1. The first-order valence-electron chi connectivity index (χ1n) is 5.77. The number of hydrogen-bond acceptors (Lipinski definition) is 6. The van der Waals surface area contributed by atoms with E-state index in [1.54, 1.807) is 0 Å². The number of carboxylic acid groups (broad SMARTS) is 1. The number of hydrogen-bond donors (Lipinski definition) is 3. The second kappa shape index (κ2) is 6.31. The Balaban J connectivity index is 2.08. The van der Waals surface area contributed by atoms with Crippen LogP contribution in [0.4, 0.5) is 0 Å². The van der Waals surface area contributed by atoms with Gasteiger partial charge in [0.25, 0.3) is 5.91 Å². The molecule has 2 aromatic heterocycles. The van der Waals surface area contributed by atoms with E-state index in [4.69, 9.17) is 14.7 Å². The lowest BCUT2D eigenvalue weighted by Gasteiger charge is -2.11. The van der Waals surface area contributed by atoms with Crippen molar-refractivity contribution in [3.05, 3.63) is 29.3 Å². The lowest BCUT2D eigenvalue weighted by molar-refractivity contribution is -0.139. The maximum Gasteiger partial charge on any atom is 0.326 e. The number of nitrogens with one attached hydrogen (secondary N) is 1. The van der Waals surface area contributed by atoms with Gasteiger partial charge in [0.2, 0.25) is 0 Å². The number of carbonyl (C=O) groups is 2. The standard InChI is InChI=1S/C12H12N2O5S/c15-4-3-7(12(17)18)13-11(16)8-6-9(19-14-8)10-2-1-5-20-10/h1-2,5-7,15H,3-4H2,(H,13,16)(H,17,18)/t7-/m0/s1. The van der Waals surface area contributed by atoms with Gasteiger partial charge in [-0.05, 0) is 11.4 Å². The number of aliphatic hydroxyl groups excluding tert-OH is 1. The van der Waals surface area contributed by atoms with Crippen LogP contribution in [0.15, 0.2) is 28.1 Å². The highest BCUT2D eigenvalue weighted by Crippen LogP contribution is 2.25. The Kier molecular flexibility index (Phi) is 4.49. The van der Waals surface area contributed by atoms with Crippen LogP contribution in [0.2, 0.25) is 0 Å². The average Bonchev–Trinajstić information content (AvgIpc) is 3.08. The Morgan fingerprint density at radius 3 is 2.90 bits per heavy atom. The van der Waals surface area contributed by atoms with Gasteiger partial charge in [0, 0.05) is 19.1 Å². The van der Waals surface area contributed by atoms with E-state index in [2.05, 4.69) is 10.5 Å². The number of aromatic nitrogens is 1. The number of aliphatic hydroxyl groups is 1. The van der Waals surface area contributed by atoms with Gasteiger partial charge in [-0.15, -0.1) is 11.3 Å². The summed E-state index contributed by atoms with van der Waals surface area (Å²) in [6, 6.07) is 3.94. The third-order valence-corrected chi connectivity index (χ3v) is 3.41. The first-order valence-corrected chi connectivity index (χ1v) is 6.65. The van der Waals surface area contributed by atoms with Crippen molar-refractivity contribution in [2.75, 3.05) is 6.61 Å². The molecular weight excluding hydrogens is 284 g/mol. The lowest BCUT2D eigenvalue weighted by atomic mass is 10.2. The van der Waals surface area contributed by atoms with Crippen LogP contribution in [0.1, 0.15) is 16.9 Å². The summed E-state index contributed by atoms with van der Waals surface area (Å²) in [5.74, 6) is -1.43. The van der Waals surface area contributed by atoms with Gasteiger partial charge >= 0.3 is 5.97 Å². The van der Waals surface area contributed by atoms with E-state index in [0.717, 1.165) is 4.88 Å². The molecule has 7 nitrogen and oxygen atoms in total. The quantitative estimate of drug-likeness (QED) is 0.732. The van der Waals surface area contributed by atoms with Gasteiger partial charge in [-0.25, -0.2) is 4.79 Å². The van der Waals surface area contributed by atoms with Crippen LogP contribution < -0.4 is 5.32 Å². The van der Waals surface area contributed by atoms with Gasteiger partial charge < -0.3 is 20.1 Å².